The molecule has 3 aromatic rings. The van der Waals surface area contributed by atoms with Crippen LogP contribution in [-0.2, 0) is 36.5 Å². The second-order valence-corrected chi connectivity index (χ2v) is 11.3. The van der Waals surface area contributed by atoms with Crippen LogP contribution in [0.15, 0.2) is 52.3 Å². The van der Waals surface area contributed by atoms with Crippen molar-refractivity contribution in [3.05, 3.63) is 79.7 Å². The first-order chi connectivity index (χ1) is 15.7. The average molecular weight is 487 g/mol. The van der Waals surface area contributed by atoms with Crippen molar-refractivity contribution in [3.63, 3.8) is 0 Å². The monoisotopic (exact) mass is 486 g/mol. The molecular weight excluding hydrogens is 460 g/mol. The number of pyridine rings is 1. The predicted octanol–water partition coefficient (Wildman–Crippen LogP) is 2.64. The van der Waals surface area contributed by atoms with Gasteiger partial charge in [0.15, 0.2) is 14.8 Å². The Hall–Kier alpha value is -2.82. The van der Waals surface area contributed by atoms with Gasteiger partial charge in [0.2, 0.25) is 0 Å². The van der Waals surface area contributed by atoms with Crippen molar-refractivity contribution in [3.8, 4) is 0 Å². The zero-order valence-electron chi connectivity index (χ0n) is 18.7. The second-order valence-electron chi connectivity index (χ2n) is 8.24. The quantitative estimate of drug-likeness (QED) is 0.551. The number of nitrogens with zero attached hydrogens (tertiary/aromatic N) is 3. The molecule has 0 spiro atoms. The van der Waals surface area contributed by atoms with Crippen LogP contribution in [0.5, 0.6) is 0 Å². The van der Waals surface area contributed by atoms with Gasteiger partial charge in [-0.05, 0) is 35.7 Å². The van der Waals surface area contributed by atoms with E-state index in [4.69, 9.17) is 0 Å². The summed E-state index contributed by atoms with van der Waals surface area (Å²) in [6, 6.07) is 10.2. The molecule has 0 radical (unpaired) electrons. The Balaban J connectivity index is 1.41. The summed E-state index contributed by atoms with van der Waals surface area (Å²) < 4.78 is 24.7. The number of aromatic nitrogens is 2. The standard InChI is InChI=1S/C23H26N4O4S2/c1-4-18-21-19(14-27(18)13-16-9-10-26(2)20(28)11-16)32-23(25-21)22(29)24-12-15-5-7-17(8-6-15)33(3,30)31/h5-11,18H,4,12-14H2,1-3H3,(H,24,29)/t18-/m0/s1. The van der Waals surface area contributed by atoms with E-state index < -0.39 is 9.84 Å². The lowest BCUT2D eigenvalue weighted by Gasteiger charge is -2.23. The molecule has 0 aliphatic carbocycles. The lowest BCUT2D eigenvalue weighted by atomic mass is 10.1. The second kappa shape index (κ2) is 9.20. The number of thiazole rings is 1. The van der Waals surface area contributed by atoms with Crippen LogP contribution in [0.3, 0.4) is 0 Å². The number of nitrogens with one attached hydrogen (secondary N) is 1. The van der Waals surface area contributed by atoms with E-state index in [-0.39, 0.29) is 22.4 Å². The Morgan fingerprint density at radius 2 is 1.94 bits per heavy atom. The minimum atomic E-state index is -3.25. The smallest absolute Gasteiger partial charge is 0.280 e. The van der Waals surface area contributed by atoms with Gasteiger partial charge < -0.3 is 9.88 Å². The number of hydrogen-bond donors (Lipinski definition) is 1. The number of hydrogen-bond acceptors (Lipinski definition) is 7. The molecule has 4 rings (SSSR count). The molecule has 0 saturated carbocycles. The van der Waals surface area contributed by atoms with E-state index in [0.717, 1.165) is 34.4 Å². The molecule has 10 heteroatoms. The fourth-order valence-electron chi connectivity index (χ4n) is 3.95. The van der Waals surface area contributed by atoms with Crippen LogP contribution in [0.25, 0.3) is 0 Å². The molecule has 2 aromatic heterocycles. The van der Waals surface area contributed by atoms with Crippen molar-refractivity contribution in [2.45, 2.75) is 43.9 Å². The maximum Gasteiger partial charge on any atom is 0.280 e. The molecule has 0 unspecified atom stereocenters. The van der Waals surface area contributed by atoms with Gasteiger partial charge in [0.25, 0.3) is 11.5 Å². The fraction of sp³-hybridized carbons (Fsp3) is 0.348. The van der Waals surface area contributed by atoms with Crippen LogP contribution in [0, 0.1) is 0 Å². The first-order valence-corrected chi connectivity index (χ1v) is 13.3. The Labute approximate surface area is 196 Å². The molecule has 3 heterocycles. The van der Waals surface area contributed by atoms with Gasteiger partial charge in [0, 0.05) is 50.1 Å². The minimum Gasteiger partial charge on any atom is -0.346 e. The Morgan fingerprint density at radius 3 is 2.58 bits per heavy atom. The Bertz CT molecular complexity index is 1340. The molecule has 1 amide bonds. The number of sulfone groups is 1. The number of carbonyl (C=O) groups is 1. The number of aryl methyl sites for hydroxylation is 1. The highest BCUT2D eigenvalue weighted by molar-refractivity contribution is 7.90. The van der Waals surface area contributed by atoms with E-state index >= 15 is 0 Å². The lowest BCUT2D eigenvalue weighted by Crippen LogP contribution is -2.25. The summed E-state index contributed by atoms with van der Waals surface area (Å²) >= 11 is 1.40. The molecule has 0 saturated heterocycles. The molecule has 174 valence electrons. The van der Waals surface area contributed by atoms with Crippen molar-refractivity contribution in [1.82, 2.24) is 19.8 Å². The predicted molar refractivity (Wildman–Crippen MR) is 127 cm³/mol. The molecule has 1 aromatic carbocycles. The summed E-state index contributed by atoms with van der Waals surface area (Å²) in [4.78, 5) is 32.9. The summed E-state index contributed by atoms with van der Waals surface area (Å²) in [5.74, 6) is -0.241. The molecular formula is C23H26N4O4S2. The molecule has 33 heavy (non-hydrogen) atoms. The number of benzene rings is 1. The van der Waals surface area contributed by atoms with Crippen molar-refractivity contribution >= 4 is 27.1 Å². The third-order valence-electron chi connectivity index (χ3n) is 5.77. The van der Waals surface area contributed by atoms with Crippen molar-refractivity contribution in [1.29, 1.82) is 0 Å². The average Bonchev–Trinajstić information content (AvgIpc) is 3.31. The first kappa shape index (κ1) is 23.3. The van der Waals surface area contributed by atoms with Gasteiger partial charge in [-0.1, -0.05) is 19.1 Å². The molecule has 1 N–H and O–H groups in total. The van der Waals surface area contributed by atoms with Crippen LogP contribution in [0.1, 0.15) is 50.9 Å². The SMILES string of the molecule is CC[C@H]1c2nc(C(=O)NCc3ccc(S(C)(=O)=O)cc3)sc2CN1Cc1ccn(C)c(=O)c1. The Morgan fingerprint density at radius 1 is 1.21 bits per heavy atom. The van der Waals surface area contributed by atoms with Crippen LogP contribution in [0.2, 0.25) is 0 Å². The molecule has 1 aliphatic heterocycles. The number of carbonyl (C=O) groups excluding carboxylic acids is 1. The number of fused-ring (bicyclic) bond motifs is 1. The maximum atomic E-state index is 12.7. The van der Waals surface area contributed by atoms with Crippen LogP contribution in [-0.4, -0.2) is 35.0 Å². The molecule has 1 atom stereocenters. The van der Waals surface area contributed by atoms with Crippen molar-refractivity contribution in [2.75, 3.05) is 6.26 Å². The van der Waals surface area contributed by atoms with Gasteiger partial charge in [-0.25, -0.2) is 13.4 Å². The van der Waals surface area contributed by atoms with Crippen LogP contribution >= 0.6 is 11.3 Å². The van der Waals surface area contributed by atoms with Gasteiger partial charge in [-0.15, -0.1) is 11.3 Å². The van der Waals surface area contributed by atoms with E-state index in [2.05, 4.69) is 22.1 Å². The minimum absolute atomic E-state index is 0.0300. The van der Waals surface area contributed by atoms with E-state index in [9.17, 15) is 18.0 Å². The third-order valence-corrected chi connectivity index (χ3v) is 7.95. The highest BCUT2D eigenvalue weighted by Crippen LogP contribution is 2.39. The topological polar surface area (TPSA) is 101 Å². The third kappa shape index (κ3) is 5.07. The molecule has 8 nitrogen and oxygen atoms in total. The molecule has 0 bridgehead atoms. The summed E-state index contributed by atoms with van der Waals surface area (Å²) in [6.07, 6.45) is 3.80. The molecule has 0 fully saturated rings. The van der Waals surface area contributed by atoms with Crippen molar-refractivity contribution < 1.29 is 13.2 Å². The summed E-state index contributed by atoms with van der Waals surface area (Å²) in [5.41, 5.74) is 2.68. The van der Waals surface area contributed by atoms with E-state index in [1.807, 2.05) is 6.07 Å². The zero-order chi connectivity index (χ0) is 23.8. The number of amides is 1. The maximum absolute atomic E-state index is 12.7. The highest BCUT2D eigenvalue weighted by Gasteiger charge is 2.33. The van der Waals surface area contributed by atoms with Gasteiger partial charge in [0.1, 0.15) is 0 Å². The Kier molecular flexibility index (Phi) is 6.51. The first-order valence-electron chi connectivity index (χ1n) is 10.6. The van der Waals surface area contributed by atoms with E-state index in [1.165, 1.54) is 23.5 Å². The number of rotatable bonds is 7. The fourth-order valence-corrected chi connectivity index (χ4v) is 5.64. The largest absolute Gasteiger partial charge is 0.346 e. The van der Waals surface area contributed by atoms with Crippen molar-refractivity contribution in [2.24, 2.45) is 7.05 Å². The lowest BCUT2D eigenvalue weighted by molar-refractivity contribution is 0.0949. The van der Waals surface area contributed by atoms with Crippen LogP contribution < -0.4 is 10.9 Å². The normalized spacial score (nSPS) is 16.0. The van der Waals surface area contributed by atoms with E-state index in [1.54, 1.807) is 36.0 Å². The summed E-state index contributed by atoms with van der Waals surface area (Å²) in [6.45, 7) is 3.74. The van der Waals surface area contributed by atoms with E-state index in [0.29, 0.717) is 24.6 Å². The van der Waals surface area contributed by atoms with Gasteiger partial charge in [-0.3, -0.25) is 14.5 Å². The van der Waals surface area contributed by atoms with Gasteiger partial charge in [-0.2, -0.15) is 0 Å². The summed E-state index contributed by atoms with van der Waals surface area (Å²) in [5, 5.41) is 3.30. The van der Waals surface area contributed by atoms with Gasteiger partial charge in [0.05, 0.1) is 16.6 Å². The summed E-state index contributed by atoms with van der Waals surface area (Å²) in [7, 11) is -1.51. The molecule has 1 aliphatic rings. The van der Waals surface area contributed by atoms with Crippen LogP contribution in [0.4, 0.5) is 0 Å². The van der Waals surface area contributed by atoms with Gasteiger partial charge >= 0.3 is 0 Å². The zero-order valence-corrected chi connectivity index (χ0v) is 20.4. The highest BCUT2D eigenvalue weighted by atomic mass is 32.2.